The predicted octanol–water partition coefficient (Wildman–Crippen LogP) is 5.56. The highest BCUT2D eigenvalue weighted by atomic mass is 35.5. The first kappa shape index (κ1) is 19.6. The van der Waals surface area contributed by atoms with Crippen LogP contribution in [0.2, 0.25) is 5.02 Å². The van der Waals surface area contributed by atoms with Gasteiger partial charge >= 0.3 is 12.4 Å². The third-order valence-corrected chi connectivity index (χ3v) is 5.07. The van der Waals surface area contributed by atoms with E-state index in [9.17, 15) is 26.3 Å². The Morgan fingerprint density at radius 2 is 1.67 bits per heavy atom. The van der Waals surface area contributed by atoms with Crippen molar-refractivity contribution in [3.63, 3.8) is 0 Å². The number of nitrogens with zero attached hydrogens (tertiary/aromatic N) is 2. The summed E-state index contributed by atoms with van der Waals surface area (Å²) < 4.78 is 82.7. The number of piperidine rings is 1. The highest BCUT2D eigenvalue weighted by Gasteiger charge is 2.75. The third-order valence-electron chi connectivity index (χ3n) is 4.82. The summed E-state index contributed by atoms with van der Waals surface area (Å²) in [5, 5.41) is 12.3. The number of benzene rings is 1. The number of halogens is 7. The predicted molar refractivity (Wildman–Crippen MR) is 87.9 cm³/mol. The first-order valence-electron chi connectivity index (χ1n) is 7.79. The Labute approximate surface area is 155 Å². The van der Waals surface area contributed by atoms with Crippen LogP contribution in [0.15, 0.2) is 53.3 Å². The molecule has 1 saturated heterocycles. The van der Waals surface area contributed by atoms with Crippen molar-refractivity contribution >= 4 is 23.0 Å². The minimum atomic E-state index is -5.65. The Hall–Kier alpha value is -2.16. The van der Waals surface area contributed by atoms with E-state index in [2.05, 4.69) is 5.16 Å². The summed E-state index contributed by atoms with van der Waals surface area (Å²) in [6.45, 7) is 0.0585. The van der Waals surface area contributed by atoms with Gasteiger partial charge in [-0.2, -0.15) is 26.3 Å². The fourth-order valence-corrected chi connectivity index (χ4v) is 3.71. The maximum Gasteiger partial charge on any atom is 0.407 e. The molecule has 1 aromatic rings. The highest BCUT2D eigenvalue weighted by molar-refractivity contribution is 6.30. The summed E-state index contributed by atoms with van der Waals surface area (Å²) in [6, 6.07) is 5.98. The van der Waals surface area contributed by atoms with Gasteiger partial charge in [0.1, 0.15) is 0 Å². The fourth-order valence-electron chi connectivity index (χ4n) is 3.59. The van der Waals surface area contributed by atoms with Gasteiger partial charge in [0.05, 0.1) is 11.6 Å². The second kappa shape index (κ2) is 6.47. The molecule has 1 fully saturated rings. The lowest BCUT2D eigenvalue weighted by Crippen LogP contribution is -2.60. The number of fused-ring (bicyclic) bond motifs is 1. The molecule has 27 heavy (non-hydrogen) atoms. The van der Waals surface area contributed by atoms with Crippen molar-refractivity contribution in [2.45, 2.75) is 18.8 Å². The molecule has 3 nitrogen and oxygen atoms in total. The minimum Gasteiger partial charge on any atom is -0.411 e. The van der Waals surface area contributed by atoms with Crippen molar-refractivity contribution in [1.29, 1.82) is 0 Å². The van der Waals surface area contributed by atoms with Crippen molar-refractivity contribution in [1.82, 2.24) is 0 Å². The first-order valence-corrected chi connectivity index (χ1v) is 8.17. The van der Waals surface area contributed by atoms with E-state index in [1.165, 1.54) is 35.2 Å². The van der Waals surface area contributed by atoms with Gasteiger partial charge < -0.3 is 10.1 Å². The summed E-state index contributed by atoms with van der Waals surface area (Å²) in [5.74, 6) is -2.23. The Bertz CT molecular complexity index is 796. The molecule has 3 rings (SSSR count). The van der Waals surface area contributed by atoms with Gasteiger partial charge in [0.2, 0.25) is 0 Å². The lowest BCUT2D eigenvalue weighted by Gasteiger charge is -2.48. The molecule has 0 radical (unpaired) electrons. The summed E-state index contributed by atoms with van der Waals surface area (Å²) in [5.41, 5.74) is -4.60. The second-order valence-electron chi connectivity index (χ2n) is 6.22. The lowest BCUT2D eigenvalue weighted by molar-refractivity contribution is -0.329. The molecule has 0 spiro atoms. The van der Waals surface area contributed by atoms with Crippen LogP contribution in [0, 0.1) is 11.3 Å². The molecule has 0 saturated carbocycles. The highest BCUT2D eigenvalue weighted by Crippen LogP contribution is 2.60. The van der Waals surface area contributed by atoms with Crippen molar-refractivity contribution < 1.29 is 31.5 Å². The minimum absolute atomic E-state index is 0.0585. The standard InChI is InChI=1S/C17H13ClF6N2O/c18-10-3-5-11(6-4-10)26-9-7-12(25-27)14-13(26)2-1-8-15(14,16(19,20)21)17(22,23)24/h1-6,8,14,27H,7,9H2/b25-12+. The molecule has 1 aliphatic heterocycles. The molecule has 2 aliphatic rings. The Morgan fingerprint density at radius 1 is 1.07 bits per heavy atom. The Morgan fingerprint density at radius 3 is 2.19 bits per heavy atom. The zero-order valence-corrected chi connectivity index (χ0v) is 14.3. The molecule has 0 aromatic heterocycles. The first-order chi connectivity index (χ1) is 12.5. The van der Waals surface area contributed by atoms with E-state index < -0.39 is 29.4 Å². The molecular formula is C17H13ClF6N2O. The number of hydrogen-bond acceptors (Lipinski definition) is 3. The molecule has 0 bridgehead atoms. The number of hydrogen-bond donors (Lipinski definition) is 1. The molecule has 1 unspecified atom stereocenters. The van der Waals surface area contributed by atoms with E-state index in [4.69, 9.17) is 16.8 Å². The van der Waals surface area contributed by atoms with E-state index in [1.54, 1.807) is 0 Å². The third kappa shape index (κ3) is 2.97. The number of oxime groups is 1. The summed E-state index contributed by atoms with van der Waals surface area (Å²) in [7, 11) is 0. The largest absolute Gasteiger partial charge is 0.411 e. The van der Waals surface area contributed by atoms with Gasteiger partial charge in [-0.3, -0.25) is 0 Å². The van der Waals surface area contributed by atoms with Gasteiger partial charge in [-0.15, -0.1) is 0 Å². The topological polar surface area (TPSA) is 35.8 Å². The average molecular weight is 411 g/mol. The maximum atomic E-state index is 13.8. The molecule has 1 aliphatic carbocycles. The zero-order valence-electron chi connectivity index (χ0n) is 13.5. The van der Waals surface area contributed by atoms with Gasteiger partial charge in [0, 0.05) is 29.4 Å². The van der Waals surface area contributed by atoms with Gasteiger partial charge in [-0.05, 0) is 30.3 Å². The van der Waals surface area contributed by atoms with E-state index in [0.717, 1.165) is 6.08 Å². The molecule has 0 amide bonds. The van der Waals surface area contributed by atoms with E-state index in [-0.39, 0.29) is 24.7 Å². The molecule has 1 N–H and O–H groups in total. The number of allylic oxidation sites excluding steroid dienone is 4. The van der Waals surface area contributed by atoms with E-state index in [0.29, 0.717) is 10.7 Å². The molecule has 146 valence electrons. The van der Waals surface area contributed by atoms with Crippen LogP contribution >= 0.6 is 11.6 Å². The second-order valence-corrected chi connectivity index (χ2v) is 6.65. The van der Waals surface area contributed by atoms with Crippen LogP contribution in [-0.2, 0) is 0 Å². The number of alkyl halides is 6. The van der Waals surface area contributed by atoms with Crippen LogP contribution in [0.3, 0.4) is 0 Å². The van der Waals surface area contributed by atoms with Gasteiger partial charge in [0.15, 0.2) is 5.41 Å². The summed E-state index contributed by atoms with van der Waals surface area (Å²) in [6.07, 6.45) is -9.54. The van der Waals surface area contributed by atoms with Crippen LogP contribution < -0.4 is 4.90 Å². The quantitative estimate of drug-likeness (QED) is 0.374. The van der Waals surface area contributed by atoms with Crippen LogP contribution in [0.5, 0.6) is 0 Å². The Kier molecular flexibility index (Phi) is 4.70. The van der Waals surface area contributed by atoms with Crippen LogP contribution in [0.1, 0.15) is 6.42 Å². The van der Waals surface area contributed by atoms with Gasteiger partial charge in [-0.1, -0.05) is 28.9 Å². The van der Waals surface area contributed by atoms with Crippen LogP contribution in [-0.4, -0.2) is 29.8 Å². The number of rotatable bonds is 1. The van der Waals surface area contributed by atoms with E-state index >= 15 is 0 Å². The maximum absolute atomic E-state index is 13.8. The van der Waals surface area contributed by atoms with Crippen molar-refractivity contribution in [2.75, 3.05) is 11.4 Å². The summed E-state index contributed by atoms with van der Waals surface area (Å²) >= 11 is 5.80. The van der Waals surface area contributed by atoms with Crippen molar-refractivity contribution in [3.8, 4) is 0 Å². The van der Waals surface area contributed by atoms with Gasteiger partial charge in [-0.25, -0.2) is 0 Å². The fraction of sp³-hybridized carbons (Fsp3) is 0.353. The normalized spacial score (nSPS) is 24.0. The van der Waals surface area contributed by atoms with Crippen molar-refractivity contribution in [2.24, 2.45) is 16.5 Å². The Balaban J connectivity index is 2.20. The average Bonchev–Trinajstić information content (AvgIpc) is 2.59. The molecule has 1 atom stereocenters. The number of anilines is 1. The molecule has 10 heteroatoms. The summed E-state index contributed by atoms with van der Waals surface area (Å²) in [4.78, 5) is 1.35. The van der Waals surface area contributed by atoms with Crippen molar-refractivity contribution in [3.05, 3.63) is 53.2 Å². The van der Waals surface area contributed by atoms with Crippen LogP contribution in [0.4, 0.5) is 32.0 Å². The van der Waals surface area contributed by atoms with E-state index in [1.807, 2.05) is 0 Å². The molecular weight excluding hydrogens is 398 g/mol. The van der Waals surface area contributed by atoms with Gasteiger partial charge in [0.25, 0.3) is 0 Å². The molecule has 1 aromatic carbocycles. The zero-order chi connectivity index (χ0) is 20.0. The monoisotopic (exact) mass is 410 g/mol. The SMILES string of the molecule is O/N=C1\CCN(c2ccc(Cl)cc2)C2=CC=CC(C(F)(F)F)(C(F)(F)F)C21. The lowest BCUT2D eigenvalue weighted by atomic mass is 9.65. The van der Waals surface area contributed by atoms with Crippen LogP contribution in [0.25, 0.3) is 0 Å². The smallest absolute Gasteiger partial charge is 0.407 e. The molecule has 1 heterocycles.